The monoisotopic (exact) mass is 377 g/mol. The molecule has 144 valence electrons. The number of nitrogens with zero attached hydrogens (tertiary/aromatic N) is 3. The highest BCUT2D eigenvalue weighted by molar-refractivity contribution is 5.94. The molecule has 2 heterocycles. The lowest BCUT2D eigenvalue weighted by molar-refractivity contribution is 0.0649. The Balaban J connectivity index is 1.55. The maximum absolute atomic E-state index is 13.1. The molecule has 0 saturated heterocycles. The highest BCUT2D eigenvalue weighted by Gasteiger charge is 2.28. The number of hydrogen-bond acceptors (Lipinski definition) is 4. The Hall–Kier alpha value is -3.12. The minimum Gasteiger partial charge on any atom is -0.497 e. The van der Waals surface area contributed by atoms with Crippen LogP contribution in [0.5, 0.6) is 5.75 Å². The summed E-state index contributed by atoms with van der Waals surface area (Å²) in [4.78, 5) is 14.8. The van der Waals surface area contributed by atoms with Crippen LogP contribution in [0.25, 0.3) is 11.3 Å². The molecule has 4 rings (SSSR count). The van der Waals surface area contributed by atoms with E-state index >= 15 is 0 Å². The fraction of sp³-hybridized carbons (Fsp3) is 0.273. The molecule has 3 aromatic rings. The number of amides is 1. The molecule has 0 spiro atoms. The quantitative estimate of drug-likeness (QED) is 0.742. The molecule has 1 aliphatic heterocycles. The van der Waals surface area contributed by atoms with Gasteiger partial charge in [-0.25, -0.2) is 0 Å². The summed E-state index contributed by atoms with van der Waals surface area (Å²) in [7, 11) is 1.64. The zero-order valence-electron chi connectivity index (χ0n) is 15.8. The Morgan fingerprint density at radius 2 is 1.93 bits per heavy atom. The summed E-state index contributed by atoms with van der Waals surface area (Å²) >= 11 is 0. The van der Waals surface area contributed by atoms with E-state index in [1.807, 2.05) is 60.7 Å². The second-order valence-corrected chi connectivity index (χ2v) is 6.97. The van der Waals surface area contributed by atoms with Crippen molar-refractivity contribution < 1.29 is 14.6 Å². The first kappa shape index (κ1) is 18.3. The Kier molecular flexibility index (Phi) is 5.12. The molecule has 6 nitrogen and oxygen atoms in total. The molecule has 1 amide bonds. The predicted molar refractivity (Wildman–Crippen MR) is 106 cm³/mol. The fourth-order valence-electron chi connectivity index (χ4n) is 3.52. The van der Waals surface area contributed by atoms with Gasteiger partial charge in [0, 0.05) is 18.7 Å². The van der Waals surface area contributed by atoms with Crippen LogP contribution < -0.4 is 4.74 Å². The van der Waals surface area contributed by atoms with Crippen molar-refractivity contribution in [3.63, 3.8) is 0 Å². The van der Waals surface area contributed by atoms with Gasteiger partial charge in [0.15, 0.2) is 0 Å². The number of aromatic nitrogens is 2. The molecule has 1 aromatic heterocycles. The summed E-state index contributed by atoms with van der Waals surface area (Å²) in [5.41, 5.74) is 3.30. The number of methoxy groups -OCH3 is 1. The number of aliphatic hydroxyl groups is 1. The molecule has 0 bridgehead atoms. The number of ether oxygens (including phenoxy) is 1. The summed E-state index contributed by atoms with van der Waals surface area (Å²) in [6.45, 7) is 1.13. The third-order valence-corrected chi connectivity index (χ3v) is 4.98. The molecule has 0 fully saturated rings. The molecular weight excluding hydrogens is 354 g/mol. The number of hydrogen-bond donors (Lipinski definition) is 1. The number of rotatable bonds is 5. The third-order valence-electron chi connectivity index (χ3n) is 4.98. The normalized spacial score (nSPS) is 16.6. The van der Waals surface area contributed by atoms with Crippen LogP contribution in [0.1, 0.15) is 16.1 Å². The van der Waals surface area contributed by atoms with Gasteiger partial charge in [0.2, 0.25) is 0 Å². The summed E-state index contributed by atoms with van der Waals surface area (Å²) in [6.07, 6.45) is 0.0361. The predicted octanol–water partition coefficient (Wildman–Crippen LogP) is 2.62. The molecule has 0 unspecified atom stereocenters. The van der Waals surface area contributed by atoms with E-state index in [4.69, 9.17) is 4.74 Å². The summed E-state index contributed by atoms with van der Waals surface area (Å²) in [5, 5.41) is 15.0. The van der Waals surface area contributed by atoms with Gasteiger partial charge in [-0.3, -0.25) is 9.48 Å². The lowest BCUT2D eigenvalue weighted by Crippen LogP contribution is -2.37. The molecule has 0 aliphatic carbocycles. The van der Waals surface area contributed by atoms with Gasteiger partial charge in [0.25, 0.3) is 5.91 Å². The van der Waals surface area contributed by atoms with Gasteiger partial charge in [0.1, 0.15) is 11.4 Å². The van der Waals surface area contributed by atoms with Crippen LogP contribution in [0, 0.1) is 0 Å². The first-order valence-corrected chi connectivity index (χ1v) is 9.37. The van der Waals surface area contributed by atoms with E-state index in [1.165, 1.54) is 0 Å². The largest absolute Gasteiger partial charge is 0.497 e. The molecule has 2 aromatic carbocycles. The van der Waals surface area contributed by atoms with Crippen LogP contribution in [0.2, 0.25) is 0 Å². The van der Waals surface area contributed by atoms with Crippen molar-refractivity contribution in [2.45, 2.75) is 19.1 Å². The topological polar surface area (TPSA) is 67.6 Å². The number of fused-ring (bicyclic) bond motifs is 1. The number of benzene rings is 2. The fourth-order valence-corrected chi connectivity index (χ4v) is 3.52. The average molecular weight is 377 g/mol. The molecule has 0 saturated carbocycles. The minimum atomic E-state index is -0.654. The first-order valence-electron chi connectivity index (χ1n) is 9.37. The first-order chi connectivity index (χ1) is 13.6. The third kappa shape index (κ3) is 3.77. The van der Waals surface area contributed by atoms with Crippen molar-refractivity contribution in [2.24, 2.45) is 0 Å². The second kappa shape index (κ2) is 7.86. The number of β-amino-alcohol motifs (C(OH)–C–C–N with tert-alkyl or cyclic N) is 1. The maximum atomic E-state index is 13.1. The van der Waals surface area contributed by atoms with E-state index in [-0.39, 0.29) is 5.91 Å². The summed E-state index contributed by atoms with van der Waals surface area (Å²) in [5.74, 6) is 0.694. The Morgan fingerprint density at radius 3 is 2.71 bits per heavy atom. The molecule has 28 heavy (non-hydrogen) atoms. The number of carbonyl (C=O) groups excluding carboxylic acids is 1. The standard InChI is InChI=1S/C22H23N3O3/c1-28-19-9-5-6-16(12-19)10-11-24-14-18(26)15-25-21(22(24)27)13-20(23-25)17-7-3-2-4-8-17/h2-9,12-13,18,26H,10-11,14-15H2,1H3/t18-/m1/s1. The SMILES string of the molecule is COc1cccc(CCN2C[C@@H](O)Cn3nc(-c4ccccc4)cc3C2=O)c1. The zero-order valence-corrected chi connectivity index (χ0v) is 15.8. The van der Waals surface area contributed by atoms with E-state index in [0.29, 0.717) is 31.7 Å². The number of carbonyl (C=O) groups is 1. The Morgan fingerprint density at radius 1 is 1.11 bits per heavy atom. The molecule has 1 N–H and O–H groups in total. The molecule has 1 atom stereocenters. The van der Waals surface area contributed by atoms with E-state index in [0.717, 1.165) is 22.6 Å². The van der Waals surface area contributed by atoms with Crippen LogP contribution >= 0.6 is 0 Å². The Bertz CT molecular complexity index is 968. The maximum Gasteiger partial charge on any atom is 0.272 e. The van der Waals surface area contributed by atoms with Crippen molar-refractivity contribution in [1.29, 1.82) is 0 Å². The van der Waals surface area contributed by atoms with Crippen LogP contribution in [-0.2, 0) is 13.0 Å². The van der Waals surface area contributed by atoms with Gasteiger partial charge in [0.05, 0.1) is 25.5 Å². The van der Waals surface area contributed by atoms with Crippen LogP contribution in [0.4, 0.5) is 0 Å². The van der Waals surface area contributed by atoms with Gasteiger partial charge in [-0.15, -0.1) is 0 Å². The minimum absolute atomic E-state index is 0.103. The van der Waals surface area contributed by atoms with Gasteiger partial charge < -0.3 is 14.7 Å². The molecular formula is C22H23N3O3. The average Bonchev–Trinajstić information content (AvgIpc) is 3.10. The molecule has 0 radical (unpaired) electrons. The van der Waals surface area contributed by atoms with Crippen molar-refractivity contribution >= 4 is 5.91 Å². The highest BCUT2D eigenvalue weighted by Crippen LogP contribution is 2.22. The molecule has 6 heteroatoms. The number of aliphatic hydroxyl groups excluding tert-OH is 1. The Labute approximate surface area is 164 Å². The van der Waals surface area contributed by atoms with Gasteiger partial charge >= 0.3 is 0 Å². The van der Waals surface area contributed by atoms with E-state index in [9.17, 15) is 9.90 Å². The molecule has 1 aliphatic rings. The highest BCUT2D eigenvalue weighted by atomic mass is 16.5. The van der Waals surface area contributed by atoms with E-state index in [1.54, 1.807) is 16.7 Å². The van der Waals surface area contributed by atoms with Crippen LogP contribution in [-0.4, -0.2) is 52.0 Å². The van der Waals surface area contributed by atoms with Crippen LogP contribution in [0.15, 0.2) is 60.7 Å². The second-order valence-electron chi connectivity index (χ2n) is 6.97. The van der Waals surface area contributed by atoms with Crippen LogP contribution in [0.3, 0.4) is 0 Å². The van der Waals surface area contributed by atoms with Crippen molar-refractivity contribution in [3.05, 3.63) is 71.9 Å². The zero-order chi connectivity index (χ0) is 19.5. The summed E-state index contributed by atoms with van der Waals surface area (Å²) in [6, 6.07) is 19.4. The lowest BCUT2D eigenvalue weighted by atomic mass is 10.1. The van der Waals surface area contributed by atoms with Crippen molar-refractivity contribution in [3.8, 4) is 17.0 Å². The van der Waals surface area contributed by atoms with Crippen molar-refractivity contribution in [2.75, 3.05) is 20.2 Å². The van der Waals surface area contributed by atoms with Gasteiger partial charge in [-0.05, 0) is 30.2 Å². The smallest absolute Gasteiger partial charge is 0.272 e. The van der Waals surface area contributed by atoms with E-state index < -0.39 is 6.10 Å². The van der Waals surface area contributed by atoms with Gasteiger partial charge in [-0.1, -0.05) is 42.5 Å². The van der Waals surface area contributed by atoms with Gasteiger partial charge in [-0.2, -0.15) is 5.10 Å². The van der Waals surface area contributed by atoms with E-state index in [2.05, 4.69) is 5.10 Å². The lowest BCUT2D eigenvalue weighted by Gasteiger charge is -2.22. The van der Waals surface area contributed by atoms with Crippen molar-refractivity contribution in [1.82, 2.24) is 14.7 Å². The summed E-state index contributed by atoms with van der Waals surface area (Å²) < 4.78 is 6.89.